The van der Waals surface area contributed by atoms with Gasteiger partial charge in [-0.1, -0.05) is 60.8 Å². The van der Waals surface area contributed by atoms with Gasteiger partial charge in [0.05, 0.1) is 16.2 Å². The molecule has 0 saturated carbocycles. The van der Waals surface area contributed by atoms with Crippen molar-refractivity contribution in [2.45, 2.75) is 32.9 Å². The van der Waals surface area contributed by atoms with E-state index in [-0.39, 0.29) is 17.1 Å². The zero-order valence-electron chi connectivity index (χ0n) is 15.5. The van der Waals surface area contributed by atoms with Crippen LogP contribution >= 0.6 is 35.0 Å². The van der Waals surface area contributed by atoms with Crippen LogP contribution in [0.25, 0.3) is 5.57 Å². The number of imide groups is 1. The second kappa shape index (κ2) is 7.70. The summed E-state index contributed by atoms with van der Waals surface area (Å²) in [7, 11) is 0. The van der Waals surface area contributed by atoms with Gasteiger partial charge >= 0.3 is 0 Å². The minimum atomic E-state index is -0.353. The van der Waals surface area contributed by atoms with Crippen molar-refractivity contribution in [2.24, 2.45) is 0 Å². The maximum atomic E-state index is 13.3. The second-order valence-electron chi connectivity index (χ2n) is 6.76. The van der Waals surface area contributed by atoms with Gasteiger partial charge in [0.15, 0.2) is 0 Å². The van der Waals surface area contributed by atoms with E-state index in [2.05, 4.69) is 0 Å². The van der Waals surface area contributed by atoms with Gasteiger partial charge in [0.2, 0.25) is 0 Å². The van der Waals surface area contributed by atoms with Crippen LogP contribution in [0.5, 0.6) is 0 Å². The molecule has 2 amide bonds. The van der Waals surface area contributed by atoms with E-state index >= 15 is 0 Å². The molecule has 0 saturated heterocycles. The molecule has 140 valence electrons. The van der Waals surface area contributed by atoms with Gasteiger partial charge in [0.25, 0.3) is 11.8 Å². The molecule has 1 aliphatic rings. The Balaban J connectivity index is 2.17. The molecule has 0 N–H and O–H groups in total. The van der Waals surface area contributed by atoms with Crippen molar-refractivity contribution in [1.82, 2.24) is 0 Å². The second-order valence-corrected chi connectivity index (χ2v) is 9.22. The third-order valence-electron chi connectivity index (χ3n) is 4.15. The minimum absolute atomic E-state index is 0.153. The fourth-order valence-electron chi connectivity index (χ4n) is 3.09. The molecule has 27 heavy (non-hydrogen) atoms. The van der Waals surface area contributed by atoms with Gasteiger partial charge in [-0.2, -0.15) is 0 Å². The Morgan fingerprint density at radius 1 is 0.926 bits per heavy atom. The standard InChI is InChI=1S/C21H19Cl2NO2S/c1-11(2)27-19-18(17-6-5-12(3)7-13(17)4)20(25)24(21(19)26)16-9-14(22)8-15(23)10-16/h5-11H,1-4H3. The number of hydrogen-bond donors (Lipinski definition) is 0. The lowest BCUT2D eigenvalue weighted by Gasteiger charge is -2.16. The van der Waals surface area contributed by atoms with E-state index in [1.54, 1.807) is 18.2 Å². The molecule has 3 rings (SSSR count). The number of nitrogens with zero attached hydrogens (tertiary/aromatic N) is 1. The largest absolute Gasteiger partial charge is 0.272 e. The molecule has 1 heterocycles. The summed E-state index contributed by atoms with van der Waals surface area (Å²) < 4.78 is 0. The first-order valence-corrected chi connectivity index (χ1v) is 10.2. The lowest BCUT2D eigenvalue weighted by atomic mass is 9.99. The number of amides is 2. The Labute approximate surface area is 173 Å². The number of benzene rings is 2. The lowest BCUT2D eigenvalue weighted by Crippen LogP contribution is -2.31. The Hall–Kier alpha value is -1.75. The van der Waals surface area contributed by atoms with Crippen molar-refractivity contribution in [3.05, 3.63) is 68.0 Å². The van der Waals surface area contributed by atoms with E-state index in [4.69, 9.17) is 23.2 Å². The van der Waals surface area contributed by atoms with Gasteiger partial charge < -0.3 is 0 Å². The number of carbonyl (C=O) groups excluding carboxylic acids is 2. The molecule has 0 aliphatic carbocycles. The van der Waals surface area contributed by atoms with Crippen molar-refractivity contribution in [3.63, 3.8) is 0 Å². The summed E-state index contributed by atoms with van der Waals surface area (Å²) in [4.78, 5) is 28.1. The van der Waals surface area contributed by atoms with Crippen LogP contribution in [-0.4, -0.2) is 17.1 Å². The van der Waals surface area contributed by atoms with Gasteiger partial charge in [-0.05, 0) is 43.2 Å². The Morgan fingerprint density at radius 3 is 2.11 bits per heavy atom. The average molecular weight is 420 g/mol. The molecule has 0 atom stereocenters. The summed E-state index contributed by atoms with van der Waals surface area (Å²) >= 11 is 13.6. The van der Waals surface area contributed by atoms with Crippen LogP contribution in [0.3, 0.4) is 0 Å². The monoisotopic (exact) mass is 419 g/mol. The highest BCUT2D eigenvalue weighted by molar-refractivity contribution is 8.04. The highest BCUT2D eigenvalue weighted by Crippen LogP contribution is 2.41. The summed E-state index contributed by atoms with van der Waals surface area (Å²) in [6.45, 7) is 7.93. The molecule has 0 spiro atoms. The highest BCUT2D eigenvalue weighted by atomic mass is 35.5. The number of carbonyl (C=O) groups is 2. The van der Waals surface area contributed by atoms with E-state index in [9.17, 15) is 9.59 Å². The topological polar surface area (TPSA) is 37.4 Å². The molecular weight excluding hydrogens is 401 g/mol. The number of halogens is 2. The summed E-state index contributed by atoms with van der Waals surface area (Å²) in [5.74, 6) is -0.694. The third-order valence-corrected chi connectivity index (χ3v) is 5.67. The summed E-state index contributed by atoms with van der Waals surface area (Å²) in [5, 5.41) is 0.896. The van der Waals surface area contributed by atoms with E-state index in [1.807, 2.05) is 45.9 Å². The van der Waals surface area contributed by atoms with Crippen LogP contribution in [0.4, 0.5) is 5.69 Å². The predicted molar refractivity (Wildman–Crippen MR) is 115 cm³/mol. The lowest BCUT2D eigenvalue weighted by molar-refractivity contribution is -0.119. The fraction of sp³-hybridized carbons (Fsp3) is 0.238. The Kier molecular flexibility index (Phi) is 5.71. The molecule has 2 aromatic rings. The van der Waals surface area contributed by atoms with Crippen LogP contribution in [0, 0.1) is 13.8 Å². The maximum Gasteiger partial charge on any atom is 0.272 e. The Bertz CT molecular complexity index is 962. The van der Waals surface area contributed by atoms with Crippen molar-refractivity contribution >= 4 is 58.0 Å². The zero-order valence-corrected chi connectivity index (χ0v) is 17.8. The molecule has 3 nitrogen and oxygen atoms in total. The number of hydrogen-bond acceptors (Lipinski definition) is 3. The van der Waals surface area contributed by atoms with Gasteiger partial charge in [-0.3, -0.25) is 9.59 Å². The van der Waals surface area contributed by atoms with Crippen LogP contribution in [0.2, 0.25) is 10.0 Å². The summed E-state index contributed by atoms with van der Waals surface area (Å²) in [6.07, 6.45) is 0. The smallest absolute Gasteiger partial charge is 0.268 e. The van der Waals surface area contributed by atoms with Crippen molar-refractivity contribution in [3.8, 4) is 0 Å². The molecule has 6 heteroatoms. The quantitative estimate of drug-likeness (QED) is 0.567. The first-order valence-electron chi connectivity index (χ1n) is 8.52. The molecule has 0 radical (unpaired) electrons. The van der Waals surface area contributed by atoms with E-state index in [0.717, 1.165) is 21.6 Å². The predicted octanol–water partition coefficient (Wildman–Crippen LogP) is 6.04. The average Bonchev–Trinajstić information content (AvgIpc) is 2.77. The first kappa shape index (κ1) is 20.0. The Morgan fingerprint density at radius 2 is 1.56 bits per heavy atom. The van der Waals surface area contributed by atoms with E-state index in [1.165, 1.54) is 11.8 Å². The van der Waals surface area contributed by atoms with Crippen LogP contribution in [0.15, 0.2) is 41.3 Å². The number of rotatable bonds is 4. The first-order chi connectivity index (χ1) is 12.7. The van der Waals surface area contributed by atoms with Crippen LogP contribution in [-0.2, 0) is 9.59 Å². The van der Waals surface area contributed by atoms with Gasteiger partial charge in [-0.25, -0.2) is 4.90 Å². The van der Waals surface area contributed by atoms with Crippen molar-refractivity contribution in [1.29, 1.82) is 0 Å². The summed E-state index contributed by atoms with van der Waals surface area (Å²) in [6, 6.07) is 10.6. The SMILES string of the molecule is Cc1ccc(C2=C(SC(C)C)C(=O)N(c3cc(Cl)cc(Cl)c3)C2=O)c(C)c1. The molecule has 0 fully saturated rings. The number of thioether (sulfide) groups is 1. The molecule has 0 bridgehead atoms. The van der Waals surface area contributed by atoms with Crippen molar-refractivity contribution in [2.75, 3.05) is 4.90 Å². The molecule has 2 aromatic carbocycles. The van der Waals surface area contributed by atoms with Gasteiger partial charge in [0, 0.05) is 15.3 Å². The number of anilines is 1. The molecular formula is C21H19Cl2NO2S. The maximum absolute atomic E-state index is 13.3. The van der Waals surface area contributed by atoms with Crippen LogP contribution in [0.1, 0.15) is 30.5 Å². The summed E-state index contributed by atoms with van der Waals surface area (Å²) in [5.41, 5.74) is 3.65. The van der Waals surface area contributed by atoms with E-state index in [0.29, 0.717) is 26.2 Å². The normalized spacial score (nSPS) is 14.7. The molecule has 1 aliphatic heterocycles. The van der Waals surface area contributed by atoms with Crippen molar-refractivity contribution < 1.29 is 9.59 Å². The van der Waals surface area contributed by atoms with E-state index < -0.39 is 0 Å². The molecule has 0 aromatic heterocycles. The third kappa shape index (κ3) is 3.93. The fourth-order valence-corrected chi connectivity index (χ4v) is 4.58. The van der Waals surface area contributed by atoms with Gasteiger partial charge in [0.1, 0.15) is 0 Å². The highest BCUT2D eigenvalue weighted by Gasteiger charge is 2.41. The molecule has 0 unspecified atom stereocenters. The minimum Gasteiger partial charge on any atom is -0.268 e. The number of aryl methyl sites for hydroxylation is 2. The van der Waals surface area contributed by atoms with Gasteiger partial charge in [-0.15, -0.1) is 11.8 Å². The zero-order chi connectivity index (χ0) is 19.9. The van der Waals surface area contributed by atoms with Crippen LogP contribution < -0.4 is 4.90 Å².